The van der Waals surface area contributed by atoms with Gasteiger partial charge >= 0.3 is 6.18 Å². The number of thioether (sulfide) groups is 1. The highest BCUT2D eigenvalue weighted by Crippen LogP contribution is 2.37. The molecule has 3 rings (SSSR count). The molecule has 0 aliphatic carbocycles. The number of para-hydroxylation sites is 1. The number of rotatable bonds is 6. The van der Waals surface area contributed by atoms with E-state index in [9.17, 15) is 13.2 Å². The first-order chi connectivity index (χ1) is 13.0. The summed E-state index contributed by atoms with van der Waals surface area (Å²) in [5.41, 5.74) is 3.39. The van der Waals surface area contributed by atoms with Crippen LogP contribution in [0.4, 0.5) is 13.2 Å². The Hall–Kier alpha value is -2.39. The van der Waals surface area contributed by atoms with Gasteiger partial charge in [-0.15, -0.1) is 0 Å². The molecule has 0 saturated carbocycles. The van der Waals surface area contributed by atoms with Crippen LogP contribution in [-0.4, -0.2) is 11.2 Å². The summed E-state index contributed by atoms with van der Waals surface area (Å²) in [4.78, 5) is 3.33. The SMILES string of the molecule is CSCc1cccc2c(C(CCC#N)c3ccc(C(F)(F)F)cc3)c[nH]c12. The van der Waals surface area contributed by atoms with Crippen molar-refractivity contribution in [1.29, 1.82) is 5.26 Å². The van der Waals surface area contributed by atoms with Crippen LogP contribution in [0.3, 0.4) is 0 Å². The molecule has 1 aromatic heterocycles. The summed E-state index contributed by atoms with van der Waals surface area (Å²) in [6.45, 7) is 0. The van der Waals surface area contributed by atoms with Gasteiger partial charge in [0.1, 0.15) is 0 Å². The van der Waals surface area contributed by atoms with Crippen LogP contribution in [0.2, 0.25) is 0 Å². The molecule has 6 heteroatoms. The van der Waals surface area contributed by atoms with Gasteiger partial charge in [0.05, 0.1) is 11.6 Å². The first kappa shape index (κ1) is 19.4. The van der Waals surface area contributed by atoms with E-state index in [2.05, 4.69) is 17.1 Å². The van der Waals surface area contributed by atoms with Crippen molar-refractivity contribution in [3.8, 4) is 6.07 Å². The molecule has 3 aromatic rings. The van der Waals surface area contributed by atoms with E-state index in [1.165, 1.54) is 17.7 Å². The lowest BCUT2D eigenvalue weighted by molar-refractivity contribution is -0.137. The minimum Gasteiger partial charge on any atom is -0.361 e. The van der Waals surface area contributed by atoms with Gasteiger partial charge in [-0.1, -0.05) is 30.3 Å². The molecule has 0 saturated heterocycles. The maximum atomic E-state index is 12.9. The molecule has 2 nitrogen and oxygen atoms in total. The van der Waals surface area contributed by atoms with Gasteiger partial charge in [-0.25, -0.2) is 0 Å². The highest BCUT2D eigenvalue weighted by Gasteiger charge is 2.30. The predicted octanol–water partition coefficient (Wildman–Crippen LogP) is 6.49. The third-order valence-corrected chi connectivity index (χ3v) is 5.29. The number of halogens is 3. The molecule has 1 atom stereocenters. The van der Waals surface area contributed by atoms with E-state index in [1.54, 1.807) is 11.8 Å². The highest BCUT2D eigenvalue weighted by atomic mass is 32.2. The number of nitriles is 1. The van der Waals surface area contributed by atoms with Crippen LogP contribution >= 0.6 is 11.8 Å². The van der Waals surface area contributed by atoms with Crippen molar-refractivity contribution in [3.63, 3.8) is 0 Å². The average Bonchev–Trinajstić information content (AvgIpc) is 3.07. The van der Waals surface area contributed by atoms with Gasteiger partial charge in [-0.2, -0.15) is 30.2 Å². The Morgan fingerprint density at radius 3 is 2.52 bits per heavy atom. The molecule has 0 fully saturated rings. The summed E-state index contributed by atoms with van der Waals surface area (Å²) in [5.74, 6) is 0.741. The summed E-state index contributed by atoms with van der Waals surface area (Å²) in [7, 11) is 0. The highest BCUT2D eigenvalue weighted by molar-refractivity contribution is 7.97. The minimum absolute atomic E-state index is 0.134. The van der Waals surface area contributed by atoms with Crippen LogP contribution in [0.1, 0.15) is 41.0 Å². The largest absolute Gasteiger partial charge is 0.416 e. The Bertz CT molecular complexity index is 952. The number of nitrogens with zero attached hydrogens (tertiary/aromatic N) is 1. The Morgan fingerprint density at radius 1 is 1.15 bits per heavy atom. The molecule has 0 bridgehead atoms. The zero-order chi connectivity index (χ0) is 19.4. The fourth-order valence-electron chi connectivity index (χ4n) is 3.42. The molecule has 0 spiro atoms. The molecular weight excluding hydrogens is 369 g/mol. The van der Waals surface area contributed by atoms with Crippen molar-refractivity contribution in [2.45, 2.75) is 30.7 Å². The summed E-state index contributed by atoms with van der Waals surface area (Å²) < 4.78 is 38.6. The smallest absolute Gasteiger partial charge is 0.361 e. The molecule has 0 radical (unpaired) electrons. The number of aromatic nitrogens is 1. The monoisotopic (exact) mass is 388 g/mol. The van der Waals surface area contributed by atoms with E-state index < -0.39 is 11.7 Å². The summed E-state index contributed by atoms with van der Waals surface area (Å²) >= 11 is 1.73. The van der Waals surface area contributed by atoms with Crippen molar-refractivity contribution in [2.24, 2.45) is 0 Å². The van der Waals surface area contributed by atoms with Crippen LogP contribution in [0, 0.1) is 11.3 Å². The van der Waals surface area contributed by atoms with Gasteiger partial charge in [-0.3, -0.25) is 0 Å². The van der Waals surface area contributed by atoms with Gasteiger partial charge < -0.3 is 4.98 Å². The third-order valence-electron chi connectivity index (χ3n) is 4.69. The third kappa shape index (κ3) is 4.14. The van der Waals surface area contributed by atoms with E-state index in [0.717, 1.165) is 39.9 Å². The van der Waals surface area contributed by atoms with Crippen LogP contribution in [0.15, 0.2) is 48.7 Å². The second-order valence-electron chi connectivity index (χ2n) is 6.39. The Labute approximate surface area is 160 Å². The van der Waals surface area contributed by atoms with E-state index >= 15 is 0 Å². The van der Waals surface area contributed by atoms with Crippen LogP contribution in [-0.2, 0) is 11.9 Å². The Kier molecular flexibility index (Phi) is 5.81. The quantitative estimate of drug-likeness (QED) is 0.524. The summed E-state index contributed by atoms with van der Waals surface area (Å²) in [6.07, 6.45) is 0.507. The number of nitrogens with one attached hydrogen (secondary N) is 1. The molecule has 0 amide bonds. The lowest BCUT2D eigenvalue weighted by atomic mass is 9.87. The normalized spacial score (nSPS) is 12.9. The number of aromatic amines is 1. The van der Waals surface area contributed by atoms with E-state index in [0.29, 0.717) is 12.8 Å². The fourth-order valence-corrected chi connectivity index (χ4v) is 3.97. The standard InChI is InChI=1S/C21H19F3N2S/c1-27-13-15-4-2-5-18-19(12-26-20(15)18)17(6-3-11-25)14-7-9-16(10-8-14)21(22,23)24/h2,4-5,7-10,12,17,26H,3,6,13H2,1H3. The molecule has 0 aliphatic rings. The van der Waals surface area contributed by atoms with Crippen molar-refractivity contribution < 1.29 is 13.2 Å². The molecule has 1 N–H and O–H groups in total. The van der Waals surface area contributed by atoms with Crippen LogP contribution < -0.4 is 0 Å². The topological polar surface area (TPSA) is 39.6 Å². The summed E-state index contributed by atoms with van der Waals surface area (Å²) in [5, 5.41) is 10.1. The van der Waals surface area contributed by atoms with Crippen molar-refractivity contribution >= 4 is 22.7 Å². The van der Waals surface area contributed by atoms with Gasteiger partial charge in [-0.05, 0) is 41.5 Å². The molecule has 1 heterocycles. The second kappa shape index (κ2) is 8.10. The average molecular weight is 388 g/mol. The molecule has 0 aliphatic heterocycles. The first-order valence-corrected chi connectivity index (χ1v) is 9.97. The number of benzene rings is 2. The lowest BCUT2D eigenvalue weighted by Gasteiger charge is -2.17. The summed E-state index contributed by atoms with van der Waals surface area (Å²) in [6, 6.07) is 13.5. The minimum atomic E-state index is -4.35. The van der Waals surface area contributed by atoms with Gasteiger partial charge in [0.15, 0.2) is 0 Å². The second-order valence-corrected chi connectivity index (χ2v) is 7.25. The van der Waals surface area contributed by atoms with Gasteiger partial charge in [0.25, 0.3) is 0 Å². The van der Waals surface area contributed by atoms with Crippen LogP contribution in [0.5, 0.6) is 0 Å². The fraction of sp³-hybridized carbons (Fsp3) is 0.286. The van der Waals surface area contributed by atoms with Gasteiger partial charge in [0, 0.05) is 35.2 Å². The zero-order valence-electron chi connectivity index (χ0n) is 14.8. The van der Waals surface area contributed by atoms with Crippen molar-refractivity contribution in [1.82, 2.24) is 4.98 Å². The number of alkyl halides is 3. The maximum absolute atomic E-state index is 12.9. The van der Waals surface area contributed by atoms with Crippen molar-refractivity contribution in [3.05, 3.63) is 70.9 Å². The molecule has 2 aromatic carbocycles. The number of hydrogen-bond acceptors (Lipinski definition) is 2. The molecule has 27 heavy (non-hydrogen) atoms. The number of fused-ring (bicyclic) bond motifs is 1. The van der Waals surface area contributed by atoms with E-state index in [1.807, 2.05) is 24.6 Å². The number of H-pyrrole nitrogens is 1. The van der Waals surface area contributed by atoms with E-state index in [4.69, 9.17) is 5.26 Å². The van der Waals surface area contributed by atoms with Crippen LogP contribution in [0.25, 0.3) is 10.9 Å². The Balaban J connectivity index is 2.04. The maximum Gasteiger partial charge on any atom is 0.416 e. The molecule has 140 valence electrons. The number of hydrogen-bond donors (Lipinski definition) is 1. The zero-order valence-corrected chi connectivity index (χ0v) is 15.6. The van der Waals surface area contributed by atoms with Gasteiger partial charge in [0.2, 0.25) is 0 Å². The molecular formula is C21H19F3N2S. The Morgan fingerprint density at radius 2 is 1.89 bits per heavy atom. The lowest BCUT2D eigenvalue weighted by Crippen LogP contribution is -2.06. The van der Waals surface area contributed by atoms with E-state index in [-0.39, 0.29) is 5.92 Å². The predicted molar refractivity (Wildman–Crippen MR) is 104 cm³/mol. The van der Waals surface area contributed by atoms with Crippen molar-refractivity contribution in [2.75, 3.05) is 6.26 Å². The molecule has 1 unspecified atom stereocenters. The first-order valence-electron chi connectivity index (χ1n) is 8.57.